The summed E-state index contributed by atoms with van der Waals surface area (Å²) in [6, 6.07) is 7.08. The molecule has 2 aliphatic rings. The maximum absolute atomic E-state index is 11.5. The SMILES string of the molecule is CCOC(=O)OCC1CC2c3cccc4[nH]cc(c34)C[C@H]2N(C)C1. The third-order valence-corrected chi connectivity index (χ3v) is 5.51. The zero-order valence-electron chi connectivity index (χ0n) is 14.2. The molecule has 24 heavy (non-hydrogen) atoms. The van der Waals surface area contributed by atoms with Crippen LogP contribution in [0.5, 0.6) is 0 Å². The second-order valence-electron chi connectivity index (χ2n) is 7.00. The Morgan fingerprint density at radius 1 is 1.38 bits per heavy atom. The minimum Gasteiger partial charge on any atom is -0.435 e. The third-order valence-electron chi connectivity index (χ3n) is 5.51. The van der Waals surface area contributed by atoms with Crippen LogP contribution in [0.3, 0.4) is 0 Å². The van der Waals surface area contributed by atoms with Crippen molar-refractivity contribution < 1.29 is 14.3 Å². The summed E-state index contributed by atoms with van der Waals surface area (Å²) in [5, 5.41) is 1.40. The maximum atomic E-state index is 11.5. The summed E-state index contributed by atoms with van der Waals surface area (Å²) >= 11 is 0. The second-order valence-corrected chi connectivity index (χ2v) is 7.00. The monoisotopic (exact) mass is 328 g/mol. The molecule has 2 heterocycles. The molecular formula is C19H24N2O3. The van der Waals surface area contributed by atoms with Crippen molar-refractivity contribution in [3.63, 3.8) is 0 Å². The average molecular weight is 328 g/mol. The Kier molecular flexibility index (Phi) is 3.96. The number of likely N-dealkylation sites (tertiary alicyclic amines) is 1. The molecule has 1 N–H and O–H groups in total. The van der Waals surface area contributed by atoms with Gasteiger partial charge in [0.1, 0.15) is 0 Å². The van der Waals surface area contributed by atoms with Gasteiger partial charge in [0.2, 0.25) is 0 Å². The first kappa shape index (κ1) is 15.5. The molecule has 2 aromatic rings. The van der Waals surface area contributed by atoms with Crippen molar-refractivity contribution in [3.8, 4) is 0 Å². The number of hydrogen-bond donors (Lipinski definition) is 1. The fourth-order valence-electron chi connectivity index (χ4n) is 4.52. The van der Waals surface area contributed by atoms with Gasteiger partial charge in [-0.15, -0.1) is 0 Å². The lowest BCUT2D eigenvalue weighted by atomic mass is 9.72. The summed E-state index contributed by atoms with van der Waals surface area (Å²) < 4.78 is 10.2. The number of piperidine rings is 1. The molecule has 1 saturated heterocycles. The van der Waals surface area contributed by atoms with Crippen molar-refractivity contribution in [2.24, 2.45) is 5.92 Å². The minimum atomic E-state index is -0.555. The van der Waals surface area contributed by atoms with Gasteiger partial charge in [0, 0.05) is 41.5 Å². The van der Waals surface area contributed by atoms with Gasteiger partial charge in [-0.2, -0.15) is 0 Å². The van der Waals surface area contributed by atoms with E-state index in [1.807, 2.05) is 0 Å². The topological polar surface area (TPSA) is 54.6 Å². The number of ether oxygens (including phenoxy) is 2. The number of carbonyl (C=O) groups is 1. The Morgan fingerprint density at radius 2 is 2.25 bits per heavy atom. The number of likely N-dealkylation sites (N-methyl/N-ethyl adjacent to an activating group) is 1. The van der Waals surface area contributed by atoms with Crippen molar-refractivity contribution >= 4 is 17.1 Å². The zero-order chi connectivity index (χ0) is 16.7. The largest absolute Gasteiger partial charge is 0.508 e. The number of aromatic nitrogens is 1. The van der Waals surface area contributed by atoms with Crippen LogP contribution >= 0.6 is 0 Å². The molecule has 0 spiro atoms. The highest BCUT2D eigenvalue weighted by atomic mass is 16.7. The Labute approximate surface area is 141 Å². The number of benzene rings is 1. The van der Waals surface area contributed by atoms with Crippen molar-refractivity contribution in [3.05, 3.63) is 35.5 Å². The van der Waals surface area contributed by atoms with E-state index in [9.17, 15) is 4.79 Å². The summed E-state index contributed by atoms with van der Waals surface area (Å²) in [5.74, 6) is 0.836. The van der Waals surface area contributed by atoms with Gasteiger partial charge in [-0.3, -0.25) is 0 Å². The van der Waals surface area contributed by atoms with Crippen molar-refractivity contribution in [2.45, 2.75) is 31.7 Å². The number of carbonyl (C=O) groups excluding carboxylic acids is 1. The van der Waals surface area contributed by atoms with Gasteiger partial charge in [-0.25, -0.2) is 4.79 Å². The van der Waals surface area contributed by atoms with Crippen LogP contribution in [-0.2, 0) is 15.9 Å². The van der Waals surface area contributed by atoms with Gasteiger partial charge in [0.25, 0.3) is 0 Å². The fraction of sp³-hybridized carbons (Fsp3) is 0.526. The molecule has 5 nitrogen and oxygen atoms in total. The predicted octanol–water partition coefficient (Wildman–Crippen LogP) is 3.30. The van der Waals surface area contributed by atoms with Crippen LogP contribution < -0.4 is 0 Å². The van der Waals surface area contributed by atoms with E-state index in [1.165, 1.54) is 22.0 Å². The van der Waals surface area contributed by atoms with Crippen LogP contribution in [0.1, 0.15) is 30.4 Å². The number of aromatic amines is 1. The summed E-state index contributed by atoms with van der Waals surface area (Å²) in [4.78, 5) is 17.3. The quantitative estimate of drug-likeness (QED) is 0.879. The van der Waals surface area contributed by atoms with E-state index in [1.54, 1.807) is 6.92 Å². The lowest BCUT2D eigenvalue weighted by molar-refractivity contribution is 0.0240. The summed E-state index contributed by atoms with van der Waals surface area (Å²) in [7, 11) is 2.19. The summed E-state index contributed by atoms with van der Waals surface area (Å²) in [5.41, 5.74) is 4.09. The van der Waals surface area contributed by atoms with E-state index >= 15 is 0 Å². The standard InChI is InChI=1S/C19H24N2O3/c1-3-23-19(22)24-11-12-7-15-14-5-4-6-16-18(14)13(9-20-16)8-17(15)21(2)10-12/h4-6,9,12,15,17,20H,3,7-8,10-11H2,1-2H3/t12?,15?,17-/m1/s1. The molecule has 5 heteroatoms. The number of fused-ring (bicyclic) bond motifs is 2. The normalized spacial score (nSPS) is 26.2. The molecule has 0 bridgehead atoms. The Morgan fingerprint density at radius 3 is 3.08 bits per heavy atom. The van der Waals surface area contributed by atoms with E-state index < -0.39 is 6.16 Å². The molecule has 3 atom stereocenters. The zero-order valence-corrected chi connectivity index (χ0v) is 14.2. The summed E-state index contributed by atoms with van der Waals surface area (Å²) in [6.45, 7) is 3.53. The molecule has 0 saturated carbocycles. The minimum absolute atomic E-state index is 0.344. The van der Waals surface area contributed by atoms with Crippen LogP contribution in [0.4, 0.5) is 4.79 Å². The van der Waals surface area contributed by atoms with Crippen LogP contribution in [0.25, 0.3) is 10.9 Å². The molecule has 0 radical (unpaired) electrons. The number of nitrogens with one attached hydrogen (secondary N) is 1. The first-order chi connectivity index (χ1) is 11.7. The van der Waals surface area contributed by atoms with E-state index in [2.05, 4.69) is 41.3 Å². The Balaban J connectivity index is 1.56. The van der Waals surface area contributed by atoms with Crippen molar-refractivity contribution in [1.29, 1.82) is 0 Å². The molecule has 4 rings (SSSR count). The van der Waals surface area contributed by atoms with E-state index in [4.69, 9.17) is 9.47 Å². The first-order valence-corrected chi connectivity index (χ1v) is 8.76. The lowest BCUT2D eigenvalue weighted by Gasteiger charge is -2.45. The van der Waals surface area contributed by atoms with Gasteiger partial charge in [0.05, 0.1) is 13.2 Å². The Hall–Kier alpha value is -2.01. The average Bonchev–Trinajstić information content (AvgIpc) is 2.99. The highest BCUT2D eigenvalue weighted by Gasteiger charge is 2.39. The van der Waals surface area contributed by atoms with Crippen molar-refractivity contribution in [1.82, 2.24) is 9.88 Å². The molecule has 1 fully saturated rings. The van der Waals surface area contributed by atoms with E-state index in [0.29, 0.717) is 31.1 Å². The summed E-state index contributed by atoms with van der Waals surface area (Å²) in [6.07, 6.45) is 3.75. The lowest BCUT2D eigenvalue weighted by Crippen LogP contribution is -2.48. The molecule has 1 aromatic carbocycles. The van der Waals surface area contributed by atoms with Gasteiger partial charge in [-0.1, -0.05) is 12.1 Å². The number of H-pyrrole nitrogens is 1. The van der Waals surface area contributed by atoms with Crippen LogP contribution in [0, 0.1) is 5.92 Å². The molecule has 1 aromatic heterocycles. The fourth-order valence-corrected chi connectivity index (χ4v) is 4.52. The van der Waals surface area contributed by atoms with E-state index in [-0.39, 0.29) is 0 Å². The number of rotatable bonds is 3. The van der Waals surface area contributed by atoms with Crippen LogP contribution in [0.15, 0.2) is 24.4 Å². The molecule has 0 amide bonds. The van der Waals surface area contributed by atoms with Gasteiger partial charge in [0.15, 0.2) is 0 Å². The van der Waals surface area contributed by atoms with Gasteiger partial charge >= 0.3 is 6.16 Å². The van der Waals surface area contributed by atoms with Crippen LogP contribution in [0.2, 0.25) is 0 Å². The molecule has 2 unspecified atom stereocenters. The highest BCUT2D eigenvalue weighted by molar-refractivity contribution is 5.88. The smallest absolute Gasteiger partial charge is 0.435 e. The second kappa shape index (κ2) is 6.13. The number of hydrogen-bond acceptors (Lipinski definition) is 4. The highest BCUT2D eigenvalue weighted by Crippen LogP contribution is 2.44. The predicted molar refractivity (Wildman–Crippen MR) is 92.2 cm³/mol. The molecule has 1 aliphatic carbocycles. The number of nitrogens with zero attached hydrogens (tertiary/aromatic N) is 1. The van der Waals surface area contributed by atoms with Gasteiger partial charge in [-0.05, 0) is 44.0 Å². The first-order valence-electron chi connectivity index (χ1n) is 8.76. The van der Waals surface area contributed by atoms with Crippen LogP contribution in [-0.4, -0.2) is 48.9 Å². The van der Waals surface area contributed by atoms with E-state index in [0.717, 1.165) is 19.4 Å². The Bertz CT molecular complexity index is 754. The maximum Gasteiger partial charge on any atom is 0.508 e. The molecule has 1 aliphatic heterocycles. The third kappa shape index (κ3) is 2.57. The van der Waals surface area contributed by atoms with Gasteiger partial charge < -0.3 is 19.4 Å². The molecule has 128 valence electrons. The van der Waals surface area contributed by atoms with Crippen molar-refractivity contribution in [2.75, 3.05) is 26.8 Å². The molecular weight excluding hydrogens is 304 g/mol.